The molecule has 0 aromatic carbocycles. The van der Waals surface area contributed by atoms with Crippen LogP contribution in [0.4, 0.5) is 9.93 Å². The highest BCUT2D eigenvalue weighted by Crippen LogP contribution is 2.25. The summed E-state index contributed by atoms with van der Waals surface area (Å²) in [6, 6.07) is -0.365. The van der Waals surface area contributed by atoms with Gasteiger partial charge in [0.1, 0.15) is 0 Å². The van der Waals surface area contributed by atoms with Crippen LogP contribution in [0.1, 0.15) is 0 Å². The summed E-state index contributed by atoms with van der Waals surface area (Å²) in [5.41, 5.74) is 0. The highest BCUT2D eigenvalue weighted by atomic mass is 32.3. The van der Waals surface area contributed by atoms with Crippen molar-refractivity contribution in [2.75, 3.05) is 51.1 Å². The van der Waals surface area contributed by atoms with E-state index in [0.717, 1.165) is 4.31 Å². The number of nitrogens with zero attached hydrogens (tertiary/aromatic N) is 4. The van der Waals surface area contributed by atoms with Crippen LogP contribution in [-0.2, 0) is 19.9 Å². The lowest BCUT2D eigenvalue weighted by molar-refractivity contribution is 0.184. The zero-order chi connectivity index (χ0) is 18.0. The van der Waals surface area contributed by atoms with Crippen molar-refractivity contribution < 1.29 is 22.2 Å². The van der Waals surface area contributed by atoms with E-state index in [1.807, 2.05) is 0 Å². The number of ether oxygens (including phenoxy) is 1. The first kappa shape index (κ1) is 18.9. The zero-order valence-corrected chi connectivity index (χ0v) is 15.9. The molecule has 0 spiro atoms. The van der Waals surface area contributed by atoms with Gasteiger partial charge in [0.2, 0.25) is 0 Å². The van der Waals surface area contributed by atoms with E-state index in [0.29, 0.717) is 10.2 Å². The van der Waals surface area contributed by atoms with Crippen molar-refractivity contribution in [3.63, 3.8) is 0 Å². The largest absolute Gasteiger partial charge is 0.486 e. The van der Waals surface area contributed by atoms with Crippen LogP contribution in [0.2, 0.25) is 0 Å². The summed E-state index contributed by atoms with van der Waals surface area (Å²) in [6.07, 6.45) is 4.02. The second kappa shape index (κ2) is 7.21. The summed E-state index contributed by atoms with van der Waals surface area (Å²) in [6.45, 7) is 0.599. The summed E-state index contributed by atoms with van der Waals surface area (Å²) in [5.74, 6) is 0. The van der Waals surface area contributed by atoms with Gasteiger partial charge in [0, 0.05) is 38.7 Å². The molecule has 0 bridgehead atoms. The molecule has 2 rings (SSSR count). The molecule has 0 radical (unpaired) electrons. The fourth-order valence-corrected chi connectivity index (χ4v) is 5.42. The number of anilines is 1. The normalized spacial score (nSPS) is 16.7. The molecule has 1 N–H and O–H groups in total. The molecular weight excluding hydrogens is 378 g/mol. The van der Waals surface area contributed by atoms with Crippen molar-refractivity contribution in [1.82, 2.24) is 14.2 Å². The van der Waals surface area contributed by atoms with E-state index < -0.39 is 19.9 Å². The standard InChI is InChI=1S/C11H19N5O5S3/c1-21-9-8-12-10(22-9)13-11(17)15-4-6-16(7-5-15)24(19,20)14-23(2,3)18/h8H,4-7H2,1-3H3,(H,12,13,17). The first-order chi connectivity index (χ1) is 11.1. The van der Waals surface area contributed by atoms with Crippen molar-refractivity contribution in [3.8, 4) is 5.06 Å². The molecule has 1 aromatic heterocycles. The van der Waals surface area contributed by atoms with Crippen molar-refractivity contribution in [3.05, 3.63) is 6.20 Å². The third kappa shape index (κ3) is 5.03. The first-order valence-electron chi connectivity index (χ1n) is 6.85. The average Bonchev–Trinajstić information content (AvgIpc) is 2.92. The van der Waals surface area contributed by atoms with E-state index >= 15 is 0 Å². The SMILES string of the molecule is COc1cnc(NC(=O)N2CCN(S(=O)(=O)N=S(C)(C)=O)CC2)s1. The van der Waals surface area contributed by atoms with Gasteiger partial charge in [0.05, 0.1) is 23.0 Å². The van der Waals surface area contributed by atoms with Gasteiger partial charge in [-0.15, -0.1) is 0 Å². The molecule has 2 heterocycles. The number of nitrogens with one attached hydrogen (secondary N) is 1. The predicted molar refractivity (Wildman–Crippen MR) is 92.2 cm³/mol. The van der Waals surface area contributed by atoms with E-state index in [1.54, 1.807) is 0 Å². The number of carbonyl (C=O) groups excluding carboxylic acids is 1. The van der Waals surface area contributed by atoms with Crippen LogP contribution in [0.25, 0.3) is 0 Å². The Labute approximate surface area is 145 Å². The third-order valence-corrected chi connectivity index (χ3v) is 7.11. The highest BCUT2D eigenvalue weighted by molar-refractivity contribution is 8.01. The van der Waals surface area contributed by atoms with Crippen LogP contribution in [0.15, 0.2) is 9.96 Å². The minimum atomic E-state index is -3.95. The number of urea groups is 1. The quantitative estimate of drug-likeness (QED) is 0.778. The van der Waals surface area contributed by atoms with Crippen LogP contribution >= 0.6 is 11.3 Å². The second-order valence-electron chi connectivity index (χ2n) is 5.24. The van der Waals surface area contributed by atoms with Crippen molar-refractivity contribution in [2.45, 2.75) is 0 Å². The number of thiazole rings is 1. The predicted octanol–water partition coefficient (Wildman–Crippen LogP) is 0.274. The van der Waals surface area contributed by atoms with Gasteiger partial charge in [-0.25, -0.2) is 14.0 Å². The average molecular weight is 398 g/mol. The number of aromatic nitrogens is 1. The Bertz CT molecular complexity index is 811. The lowest BCUT2D eigenvalue weighted by atomic mass is 10.4. The summed E-state index contributed by atoms with van der Waals surface area (Å²) in [7, 11) is -5.21. The van der Waals surface area contributed by atoms with Crippen molar-refractivity contribution in [2.24, 2.45) is 3.77 Å². The Hall–Kier alpha value is -1.44. The summed E-state index contributed by atoms with van der Waals surface area (Å²) in [4.78, 5) is 17.6. The maximum Gasteiger partial charge on any atom is 0.330 e. The number of carbonyl (C=O) groups is 1. The van der Waals surface area contributed by atoms with Gasteiger partial charge in [-0.2, -0.15) is 12.7 Å². The lowest BCUT2D eigenvalue weighted by Gasteiger charge is -2.32. The first-order valence-corrected chi connectivity index (χ1v) is 11.4. The van der Waals surface area contributed by atoms with Crippen LogP contribution in [0.3, 0.4) is 0 Å². The Morgan fingerprint density at radius 1 is 1.29 bits per heavy atom. The number of amides is 2. The van der Waals surface area contributed by atoms with E-state index in [-0.39, 0.29) is 32.2 Å². The molecule has 0 unspecified atom stereocenters. The smallest absolute Gasteiger partial charge is 0.330 e. The lowest BCUT2D eigenvalue weighted by Crippen LogP contribution is -2.51. The molecule has 1 saturated heterocycles. The minimum Gasteiger partial charge on any atom is -0.486 e. The molecule has 13 heteroatoms. The molecule has 10 nitrogen and oxygen atoms in total. The number of piperazine rings is 1. The van der Waals surface area contributed by atoms with Gasteiger partial charge in [-0.05, 0) is 0 Å². The minimum absolute atomic E-state index is 0.0932. The number of hydrogen-bond donors (Lipinski definition) is 1. The fraction of sp³-hybridized carbons (Fsp3) is 0.636. The van der Waals surface area contributed by atoms with E-state index in [1.165, 1.54) is 42.1 Å². The van der Waals surface area contributed by atoms with E-state index in [9.17, 15) is 17.4 Å². The van der Waals surface area contributed by atoms with Crippen LogP contribution in [-0.4, -0.2) is 78.6 Å². The molecule has 1 fully saturated rings. The fourth-order valence-electron chi connectivity index (χ4n) is 1.98. The van der Waals surface area contributed by atoms with Gasteiger partial charge >= 0.3 is 16.2 Å². The third-order valence-electron chi connectivity index (χ3n) is 3.03. The topological polar surface area (TPSA) is 121 Å². The molecule has 1 aliphatic rings. The van der Waals surface area contributed by atoms with E-state index in [4.69, 9.17) is 4.74 Å². The summed E-state index contributed by atoms with van der Waals surface area (Å²) < 4.78 is 45.2. The summed E-state index contributed by atoms with van der Waals surface area (Å²) >= 11 is 1.19. The van der Waals surface area contributed by atoms with Gasteiger partial charge in [-0.1, -0.05) is 15.1 Å². The number of rotatable bonds is 4. The van der Waals surface area contributed by atoms with Gasteiger partial charge in [-0.3, -0.25) is 5.32 Å². The highest BCUT2D eigenvalue weighted by Gasteiger charge is 2.29. The van der Waals surface area contributed by atoms with E-state index in [2.05, 4.69) is 14.1 Å². The molecule has 0 aliphatic carbocycles. The van der Waals surface area contributed by atoms with Gasteiger partial charge in [0.25, 0.3) is 0 Å². The molecule has 0 atom stereocenters. The molecular formula is C11H19N5O5S3. The maximum absolute atomic E-state index is 12.2. The van der Waals surface area contributed by atoms with Gasteiger partial charge < -0.3 is 9.64 Å². The molecule has 24 heavy (non-hydrogen) atoms. The van der Waals surface area contributed by atoms with Crippen molar-refractivity contribution in [1.29, 1.82) is 0 Å². The molecule has 1 aliphatic heterocycles. The Kier molecular flexibility index (Phi) is 5.67. The Balaban J connectivity index is 1.95. The van der Waals surface area contributed by atoms with Crippen LogP contribution in [0.5, 0.6) is 5.06 Å². The number of methoxy groups -OCH3 is 1. The molecule has 1 aromatic rings. The second-order valence-corrected chi connectivity index (χ2v) is 10.6. The van der Waals surface area contributed by atoms with Crippen LogP contribution in [0, 0.1) is 0 Å². The Morgan fingerprint density at radius 3 is 2.42 bits per heavy atom. The molecule has 136 valence electrons. The molecule has 2 amide bonds. The Morgan fingerprint density at radius 2 is 1.92 bits per heavy atom. The van der Waals surface area contributed by atoms with Crippen molar-refractivity contribution >= 4 is 42.4 Å². The zero-order valence-electron chi connectivity index (χ0n) is 13.5. The van der Waals surface area contributed by atoms with Crippen LogP contribution < -0.4 is 10.1 Å². The molecule has 0 saturated carbocycles. The monoisotopic (exact) mass is 397 g/mol. The maximum atomic E-state index is 12.2. The summed E-state index contributed by atoms with van der Waals surface area (Å²) in [5, 5.41) is 3.61. The number of hydrogen-bond acceptors (Lipinski definition) is 7. The van der Waals surface area contributed by atoms with Gasteiger partial charge in [0.15, 0.2) is 10.2 Å².